The second kappa shape index (κ2) is 12.9. The Hall–Kier alpha value is -0.120. The van der Waals surface area contributed by atoms with Gasteiger partial charge in [0.15, 0.2) is 0 Å². The third-order valence-electron chi connectivity index (χ3n) is 3.19. The fraction of sp³-hybridized carbons (Fsp3) is 1.00. The molecule has 0 aromatic carbocycles. The van der Waals surface area contributed by atoms with Crippen molar-refractivity contribution in [3.8, 4) is 0 Å². The van der Waals surface area contributed by atoms with Crippen LogP contribution in [-0.2, 0) is 4.74 Å². The van der Waals surface area contributed by atoms with Gasteiger partial charge in [-0.2, -0.15) is 0 Å². The number of methoxy groups -OCH3 is 1. The van der Waals surface area contributed by atoms with Crippen LogP contribution in [0.1, 0.15) is 53.4 Å². The highest BCUT2D eigenvalue weighted by atomic mass is 16.5. The van der Waals surface area contributed by atoms with Crippen molar-refractivity contribution in [3.05, 3.63) is 0 Å². The average molecular weight is 272 g/mol. The van der Waals surface area contributed by atoms with E-state index in [4.69, 9.17) is 4.74 Å². The maximum Gasteiger partial charge on any atom is 0.0589 e. The van der Waals surface area contributed by atoms with Crippen molar-refractivity contribution in [2.45, 2.75) is 59.4 Å². The van der Waals surface area contributed by atoms with Crippen molar-refractivity contribution in [2.24, 2.45) is 5.92 Å². The van der Waals surface area contributed by atoms with Crippen molar-refractivity contribution in [3.63, 3.8) is 0 Å². The van der Waals surface area contributed by atoms with Crippen molar-refractivity contribution in [1.29, 1.82) is 0 Å². The third kappa shape index (κ3) is 14.1. The van der Waals surface area contributed by atoms with E-state index in [1.165, 1.54) is 38.8 Å². The molecular formula is C16H36N2O. The van der Waals surface area contributed by atoms with Crippen LogP contribution >= 0.6 is 0 Å². The molecule has 0 atom stereocenters. The molecule has 0 aliphatic heterocycles. The van der Waals surface area contributed by atoms with Crippen LogP contribution in [0.5, 0.6) is 0 Å². The number of unbranched alkanes of at least 4 members (excludes halogenated alkanes) is 3. The van der Waals surface area contributed by atoms with Crippen LogP contribution in [0.15, 0.2) is 0 Å². The average Bonchev–Trinajstić information content (AvgIpc) is 2.33. The lowest BCUT2D eigenvalue weighted by atomic mass is 10.1. The van der Waals surface area contributed by atoms with Gasteiger partial charge in [-0.3, -0.25) is 0 Å². The van der Waals surface area contributed by atoms with Gasteiger partial charge in [0.05, 0.1) is 6.61 Å². The normalized spacial score (nSPS) is 12.0. The van der Waals surface area contributed by atoms with Crippen molar-refractivity contribution in [1.82, 2.24) is 10.2 Å². The predicted molar refractivity (Wildman–Crippen MR) is 84.8 cm³/mol. The number of hydrogen-bond donors (Lipinski definition) is 1. The van der Waals surface area contributed by atoms with E-state index >= 15 is 0 Å². The summed E-state index contributed by atoms with van der Waals surface area (Å²) in [5.74, 6) is 0.743. The molecule has 0 amide bonds. The Morgan fingerprint density at radius 1 is 0.947 bits per heavy atom. The number of rotatable bonds is 13. The van der Waals surface area contributed by atoms with Gasteiger partial charge in [0, 0.05) is 26.2 Å². The number of hydrogen-bond acceptors (Lipinski definition) is 3. The van der Waals surface area contributed by atoms with Gasteiger partial charge in [0.2, 0.25) is 0 Å². The molecule has 0 fully saturated rings. The molecule has 0 saturated heterocycles. The molecule has 0 spiro atoms. The fourth-order valence-corrected chi connectivity index (χ4v) is 2.24. The molecular weight excluding hydrogens is 236 g/mol. The maximum atomic E-state index is 5.19. The molecule has 0 saturated carbocycles. The molecule has 0 aliphatic carbocycles. The Morgan fingerprint density at radius 3 is 2.21 bits per heavy atom. The summed E-state index contributed by atoms with van der Waals surface area (Å²) in [5.41, 5.74) is 0. The lowest BCUT2D eigenvalue weighted by molar-refractivity contribution is 0.138. The molecule has 0 aliphatic rings. The van der Waals surface area contributed by atoms with Gasteiger partial charge < -0.3 is 15.0 Å². The van der Waals surface area contributed by atoms with Crippen LogP contribution in [-0.4, -0.2) is 50.8 Å². The van der Waals surface area contributed by atoms with E-state index in [9.17, 15) is 0 Å². The predicted octanol–water partition coefficient (Wildman–Crippen LogP) is 3.15. The van der Waals surface area contributed by atoms with E-state index in [1.807, 2.05) is 0 Å². The second-order valence-electron chi connectivity index (χ2n) is 6.21. The van der Waals surface area contributed by atoms with Gasteiger partial charge in [-0.15, -0.1) is 0 Å². The lowest BCUT2D eigenvalue weighted by Crippen LogP contribution is -2.32. The zero-order valence-electron chi connectivity index (χ0n) is 13.9. The highest BCUT2D eigenvalue weighted by molar-refractivity contribution is 4.61. The van der Waals surface area contributed by atoms with E-state index in [0.29, 0.717) is 6.04 Å². The van der Waals surface area contributed by atoms with Gasteiger partial charge in [-0.05, 0) is 31.8 Å². The molecule has 116 valence electrons. The molecule has 19 heavy (non-hydrogen) atoms. The zero-order valence-corrected chi connectivity index (χ0v) is 13.9. The molecule has 0 rings (SSSR count). The summed E-state index contributed by atoms with van der Waals surface area (Å²) in [6.45, 7) is 14.5. The minimum Gasteiger partial charge on any atom is -0.383 e. The highest BCUT2D eigenvalue weighted by Crippen LogP contribution is 2.04. The summed E-state index contributed by atoms with van der Waals surface area (Å²) in [4.78, 5) is 2.54. The SMILES string of the molecule is COCCN(CCCCCCNC(C)C)CC(C)C. The van der Waals surface area contributed by atoms with Crippen LogP contribution < -0.4 is 5.32 Å². The van der Waals surface area contributed by atoms with E-state index < -0.39 is 0 Å². The van der Waals surface area contributed by atoms with Gasteiger partial charge in [0.25, 0.3) is 0 Å². The molecule has 0 radical (unpaired) electrons. The minimum atomic E-state index is 0.621. The Balaban J connectivity index is 3.51. The maximum absolute atomic E-state index is 5.19. The first-order chi connectivity index (χ1) is 9.06. The van der Waals surface area contributed by atoms with Crippen LogP contribution in [0.4, 0.5) is 0 Å². The third-order valence-corrected chi connectivity index (χ3v) is 3.19. The van der Waals surface area contributed by atoms with Crippen LogP contribution in [0.2, 0.25) is 0 Å². The zero-order chi connectivity index (χ0) is 14.5. The summed E-state index contributed by atoms with van der Waals surface area (Å²) in [7, 11) is 1.79. The van der Waals surface area contributed by atoms with Crippen LogP contribution in [0.25, 0.3) is 0 Å². The van der Waals surface area contributed by atoms with Gasteiger partial charge >= 0.3 is 0 Å². The van der Waals surface area contributed by atoms with Crippen molar-refractivity contribution in [2.75, 3.05) is 39.9 Å². The molecule has 1 N–H and O–H groups in total. The monoisotopic (exact) mass is 272 g/mol. The van der Waals surface area contributed by atoms with E-state index in [-0.39, 0.29) is 0 Å². The van der Waals surface area contributed by atoms with Gasteiger partial charge in [-0.25, -0.2) is 0 Å². The number of nitrogens with zero attached hydrogens (tertiary/aromatic N) is 1. The molecule has 0 bridgehead atoms. The minimum absolute atomic E-state index is 0.621. The summed E-state index contributed by atoms with van der Waals surface area (Å²) in [6.07, 6.45) is 5.32. The first-order valence-corrected chi connectivity index (χ1v) is 8.01. The summed E-state index contributed by atoms with van der Waals surface area (Å²) < 4.78 is 5.19. The van der Waals surface area contributed by atoms with Crippen LogP contribution in [0.3, 0.4) is 0 Å². The van der Waals surface area contributed by atoms with Gasteiger partial charge in [-0.1, -0.05) is 40.5 Å². The standard InChI is InChI=1S/C16H36N2O/c1-15(2)14-18(12-13-19-5)11-9-7-6-8-10-17-16(3)4/h15-17H,6-14H2,1-5H3. The molecule has 0 aromatic heterocycles. The molecule has 3 heteroatoms. The quantitative estimate of drug-likeness (QED) is 0.521. The van der Waals surface area contributed by atoms with Gasteiger partial charge in [0.1, 0.15) is 0 Å². The first-order valence-electron chi connectivity index (χ1n) is 8.01. The largest absolute Gasteiger partial charge is 0.383 e. The molecule has 0 heterocycles. The number of ether oxygens (including phenoxy) is 1. The highest BCUT2D eigenvalue weighted by Gasteiger charge is 2.06. The molecule has 0 unspecified atom stereocenters. The van der Waals surface area contributed by atoms with Crippen LogP contribution in [0, 0.1) is 5.92 Å². The Bertz CT molecular complexity index is 184. The summed E-state index contributed by atoms with van der Waals surface area (Å²) >= 11 is 0. The van der Waals surface area contributed by atoms with Crippen molar-refractivity contribution < 1.29 is 4.74 Å². The van der Waals surface area contributed by atoms with E-state index in [2.05, 4.69) is 37.9 Å². The second-order valence-corrected chi connectivity index (χ2v) is 6.21. The summed E-state index contributed by atoms with van der Waals surface area (Å²) in [6, 6.07) is 0.621. The van der Waals surface area contributed by atoms with E-state index in [1.54, 1.807) is 7.11 Å². The summed E-state index contributed by atoms with van der Waals surface area (Å²) in [5, 5.41) is 3.47. The Kier molecular flexibility index (Phi) is 12.8. The molecule has 0 aromatic rings. The van der Waals surface area contributed by atoms with E-state index in [0.717, 1.165) is 25.6 Å². The topological polar surface area (TPSA) is 24.5 Å². The number of nitrogens with one attached hydrogen (secondary N) is 1. The molecule has 3 nitrogen and oxygen atoms in total. The smallest absolute Gasteiger partial charge is 0.0589 e. The van der Waals surface area contributed by atoms with Crippen molar-refractivity contribution >= 4 is 0 Å². The Morgan fingerprint density at radius 2 is 1.63 bits per heavy atom. The first kappa shape index (κ1) is 18.9. The lowest BCUT2D eigenvalue weighted by Gasteiger charge is -2.23. The fourth-order valence-electron chi connectivity index (χ4n) is 2.24. The Labute approximate surface area is 121 Å².